The van der Waals surface area contributed by atoms with Crippen LogP contribution in [0.5, 0.6) is 5.75 Å². The van der Waals surface area contributed by atoms with Gasteiger partial charge in [0.25, 0.3) is 5.56 Å². The highest BCUT2D eigenvalue weighted by molar-refractivity contribution is 5.71. The van der Waals surface area contributed by atoms with Gasteiger partial charge in [-0.1, -0.05) is 0 Å². The van der Waals surface area contributed by atoms with E-state index in [4.69, 9.17) is 4.74 Å². The van der Waals surface area contributed by atoms with Crippen LogP contribution in [0.25, 0.3) is 11.2 Å². The molecule has 0 saturated heterocycles. The molecule has 1 aromatic carbocycles. The van der Waals surface area contributed by atoms with Crippen LogP contribution in [0.15, 0.2) is 33.9 Å². The van der Waals surface area contributed by atoms with Crippen LogP contribution in [0.3, 0.4) is 0 Å². The summed E-state index contributed by atoms with van der Waals surface area (Å²) in [6, 6.07) is 5.64. The highest BCUT2D eigenvalue weighted by Crippen LogP contribution is 2.15. The van der Waals surface area contributed by atoms with Gasteiger partial charge in [-0.15, -0.1) is 0 Å². The summed E-state index contributed by atoms with van der Waals surface area (Å²) in [6.07, 6.45) is 0. The molecule has 7 nitrogen and oxygen atoms in total. The summed E-state index contributed by atoms with van der Waals surface area (Å²) in [5.41, 5.74) is -0.0229. The lowest BCUT2D eigenvalue weighted by molar-refractivity contribution is 0.292. The van der Waals surface area contributed by atoms with E-state index in [0.717, 1.165) is 0 Å². The molecule has 2 aromatic heterocycles. The van der Waals surface area contributed by atoms with Gasteiger partial charge in [0.15, 0.2) is 11.2 Å². The van der Waals surface area contributed by atoms with Gasteiger partial charge in [0.05, 0.1) is 0 Å². The van der Waals surface area contributed by atoms with Crippen LogP contribution in [0, 0.1) is 5.82 Å². The van der Waals surface area contributed by atoms with Crippen molar-refractivity contribution < 1.29 is 9.13 Å². The van der Waals surface area contributed by atoms with Gasteiger partial charge in [0.1, 0.15) is 24.0 Å². The van der Waals surface area contributed by atoms with E-state index in [1.54, 1.807) is 18.5 Å². The molecule has 0 amide bonds. The molecule has 0 unspecified atom stereocenters. The van der Waals surface area contributed by atoms with Crippen LogP contribution in [0.4, 0.5) is 4.39 Å². The second-order valence-corrected chi connectivity index (χ2v) is 5.58. The number of ether oxygens (including phenoxy) is 1. The van der Waals surface area contributed by atoms with Crippen LogP contribution >= 0.6 is 0 Å². The molecule has 0 saturated carbocycles. The predicted molar refractivity (Wildman–Crippen MR) is 91.3 cm³/mol. The van der Waals surface area contributed by atoms with Crippen molar-refractivity contribution in [2.75, 3.05) is 0 Å². The fourth-order valence-electron chi connectivity index (χ4n) is 2.78. The first-order valence-corrected chi connectivity index (χ1v) is 8.05. The lowest BCUT2D eigenvalue weighted by Crippen LogP contribution is -2.39. The molecule has 0 radical (unpaired) electrons. The summed E-state index contributed by atoms with van der Waals surface area (Å²) < 4.78 is 22.9. The minimum Gasteiger partial charge on any atom is -0.486 e. The van der Waals surface area contributed by atoms with Gasteiger partial charge >= 0.3 is 5.69 Å². The minimum absolute atomic E-state index is 0.0975. The summed E-state index contributed by atoms with van der Waals surface area (Å²) >= 11 is 0. The van der Waals surface area contributed by atoms with Gasteiger partial charge < -0.3 is 9.30 Å². The van der Waals surface area contributed by atoms with Crippen molar-refractivity contribution in [2.24, 2.45) is 7.05 Å². The number of nitrogens with zero attached hydrogens (tertiary/aromatic N) is 4. The first-order valence-electron chi connectivity index (χ1n) is 8.05. The van der Waals surface area contributed by atoms with Gasteiger partial charge in [-0.25, -0.2) is 14.2 Å². The molecule has 0 aliphatic carbocycles. The van der Waals surface area contributed by atoms with Gasteiger partial charge in [0, 0.05) is 20.1 Å². The second kappa shape index (κ2) is 6.54. The van der Waals surface area contributed by atoms with Crippen molar-refractivity contribution in [3.05, 3.63) is 56.7 Å². The van der Waals surface area contributed by atoms with Crippen LogP contribution in [0.2, 0.25) is 0 Å². The largest absolute Gasteiger partial charge is 0.486 e. The monoisotopic (exact) mass is 346 g/mol. The number of rotatable bonds is 5. The first kappa shape index (κ1) is 16.9. The molecule has 0 fully saturated rings. The zero-order valence-electron chi connectivity index (χ0n) is 14.3. The quantitative estimate of drug-likeness (QED) is 0.704. The zero-order chi connectivity index (χ0) is 18.1. The lowest BCUT2D eigenvalue weighted by Gasteiger charge is -2.08. The number of aromatic nitrogens is 4. The Morgan fingerprint density at radius 3 is 2.32 bits per heavy atom. The van der Waals surface area contributed by atoms with Gasteiger partial charge in [-0.3, -0.25) is 13.9 Å². The van der Waals surface area contributed by atoms with Crippen LogP contribution in [-0.4, -0.2) is 18.7 Å². The van der Waals surface area contributed by atoms with E-state index >= 15 is 0 Å². The first-order chi connectivity index (χ1) is 12.0. The van der Waals surface area contributed by atoms with Crippen molar-refractivity contribution in [3.8, 4) is 5.75 Å². The SMILES string of the molecule is CCn1c(=O)c2c(nc(COc3ccc(F)cc3)n2C)n(CC)c1=O. The Balaban J connectivity index is 2.07. The number of benzene rings is 1. The maximum absolute atomic E-state index is 12.9. The maximum Gasteiger partial charge on any atom is 0.332 e. The van der Waals surface area contributed by atoms with Crippen LogP contribution in [-0.2, 0) is 26.7 Å². The summed E-state index contributed by atoms with van der Waals surface area (Å²) in [5.74, 6) is 0.654. The van der Waals surface area contributed by atoms with Crippen molar-refractivity contribution in [1.82, 2.24) is 18.7 Å². The molecule has 0 aliphatic rings. The third-order valence-electron chi connectivity index (χ3n) is 4.15. The molecule has 3 rings (SSSR count). The summed E-state index contributed by atoms with van der Waals surface area (Å²) in [5, 5.41) is 0. The van der Waals surface area contributed by atoms with Crippen molar-refractivity contribution in [3.63, 3.8) is 0 Å². The van der Waals surface area contributed by atoms with Crippen molar-refractivity contribution >= 4 is 11.2 Å². The van der Waals surface area contributed by atoms with Crippen molar-refractivity contribution in [1.29, 1.82) is 0 Å². The highest BCUT2D eigenvalue weighted by atomic mass is 19.1. The van der Waals surface area contributed by atoms with Crippen LogP contribution < -0.4 is 16.0 Å². The average Bonchev–Trinajstić information content (AvgIpc) is 2.92. The van der Waals surface area contributed by atoms with E-state index in [2.05, 4.69) is 4.98 Å². The molecule has 3 aromatic rings. The van der Waals surface area contributed by atoms with Gasteiger partial charge in [-0.05, 0) is 38.1 Å². The number of aryl methyl sites for hydroxylation is 2. The fourth-order valence-corrected chi connectivity index (χ4v) is 2.78. The van der Waals surface area contributed by atoms with Gasteiger partial charge in [-0.2, -0.15) is 0 Å². The summed E-state index contributed by atoms with van der Waals surface area (Å²) in [4.78, 5) is 29.4. The topological polar surface area (TPSA) is 71.1 Å². The average molecular weight is 346 g/mol. The number of halogens is 1. The van der Waals surface area contributed by atoms with E-state index in [1.807, 2.05) is 6.92 Å². The summed E-state index contributed by atoms with van der Waals surface area (Å²) in [7, 11) is 1.71. The number of hydrogen-bond acceptors (Lipinski definition) is 4. The Bertz CT molecular complexity index is 1030. The number of imidazole rings is 1. The molecular formula is C17H19FN4O3. The highest BCUT2D eigenvalue weighted by Gasteiger charge is 2.18. The normalized spacial score (nSPS) is 11.2. The molecule has 2 heterocycles. The van der Waals surface area contributed by atoms with E-state index in [-0.39, 0.29) is 23.7 Å². The third-order valence-corrected chi connectivity index (χ3v) is 4.15. The van der Waals surface area contributed by atoms with E-state index in [0.29, 0.717) is 35.8 Å². The van der Waals surface area contributed by atoms with Crippen LogP contribution in [0.1, 0.15) is 19.7 Å². The molecule has 0 atom stereocenters. The van der Waals surface area contributed by atoms with E-state index in [1.165, 1.54) is 33.4 Å². The molecule has 8 heteroatoms. The van der Waals surface area contributed by atoms with Gasteiger partial charge in [0.2, 0.25) is 0 Å². The Kier molecular flexibility index (Phi) is 4.43. The number of fused-ring (bicyclic) bond motifs is 1. The maximum atomic E-state index is 12.9. The van der Waals surface area contributed by atoms with E-state index < -0.39 is 0 Å². The Labute approximate surface area is 142 Å². The molecule has 132 valence electrons. The molecule has 25 heavy (non-hydrogen) atoms. The third kappa shape index (κ3) is 2.84. The molecule has 0 aliphatic heterocycles. The molecular weight excluding hydrogens is 327 g/mol. The molecule has 0 spiro atoms. The molecule has 0 N–H and O–H groups in total. The zero-order valence-corrected chi connectivity index (χ0v) is 14.3. The Morgan fingerprint density at radius 1 is 1.08 bits per heavy atom. The van der Waals surface area contributed by atoms with Crippen molar-refractivity contribution in [2.45, 2.75) is 33.5 Å². The van der Waals surface area contributed by atoms with E-state index in [9.17, 15) is 14.0 Å². The fraction of sp³-hybridized carbons (Fsp3) is 0.353. The Hall–Kier alpha value is -2.90. The number of hydrogen-bond donors (Lipinski definition) is 0. The lowest BCUT2D eigenvalue weighted by atomic mass is 10.3. The predicted octanol–water partition coefficient (Wildman–Crippen LogP) is 1.65. The smallest absolute Gasteiger partial charge is 0.332 e. The summed E-state index contributed by atoms with van der Waals surface area (Å²) in [6.45, 7) is 4.38. The standard InChI is InChI=1S/C17H19FN4O3/c1-4-21-15-14(16(23)22(5-2)17(21)24)20(3)13(19-15)10-25-12-8-6-11(18)7-9-12/h6-9H,4-5,10H2,1-3H3. The minimum atomic E-state index is -0.369. The Morgan fingerprint density at radius 2 is 1.72 bits per heavy atom. The second-order valence-electron chi connectivity index (χ2n) is 5.58. The molecule has 0 bridgehead atoms.